The molecule has 0 saturated heterocycles. The number of hydrogen-bond acceptors (Lipinski definition) is 7. The number of rotatable bonds is 8. The average molecular weight is 440 g/mol. The lowest BCUT2D eigenvalue weighted by Gasteiger charge is -2.30. The van der Waals surface area contributed by atoms with Crippen LogP contribution in [0, 0.1) is 5.92 Å². The Labute approximate surface area is 191 Å². The molecular formula is C25H37N5O2. The highest BCUT2D eigenvalue weighted by Crippen LogP contribution is 2.31. The molecule has 1 aromatic heterocycles. The van der Waals surface area contributed by atoms with Gasteiger partial charge in [-0.25, -0.2) is 4.98 Å². The lowest BCUT2D eigenvalue weighted by Crippen LogP contribution is -2.32. The second kappa shape index (κ2) is 10.4. The van der Waals surface area contributed by atoms with Crippen molar-refractivity contribution in [2.24, 2.45) is 5.92 Å². The normalized spacial score (nSPS) is 20.5. The van der Waals surface area contributed by atoms with Crippen LogP contribution in [-0.4, -0.2) is 48.9 Å². The molecule has 174 valence electrons. The Kier molecular flexibility index (Phi) is 7.35. The molecule has 2 aliphatic rings. The van der Waals surface area contributed by atoms with E-state index in [1.54, 1.807) is 13.2 Å². The number of phenolic OH excluding ortho intramolecular Hbond substituents is 1. The van der Waals surface area contributed by atoms with Crippen LogP contribution < -0.4 is 20.3 Å². The number of hydrogen-bond donors (Lipinski definition) is 3. The van der Waals surface area contributed by atoms with Crippen LogP contribution in [0.2, 0.25) is 0 Å². The van der Waals surface area contributed by atoms with Crippen molar-refractivity contribution in [3.8, 4) is 11.5 Å². The topological polar surface area (TPSA) is 82.5 Å². The van der Waals surface area contributed by atoms with E-state index in [1.807, 2.05) is 12.1 Å². The van der Waals surface area contributed by atoms with E-state index in [1.165, 1.54) is 36.9 Å². The van der Waals surface area contributed by atoms with Crippen LogP contribution in [0.15, 0.2) is 18.2 Å². The van der Waals surface area contributed by atoms with Crippen LogP contribution in [0.4, 0.5) is 11.8 Å². The Morgan fingerprint density at radius 2 is 1.88 bits per heavy atom. The summed E-state index contributed by atoms with van der Waals surface area (Å²) >= 11 is 0. The quantitative estimate of drug-likeness (QED) is 0.575. The molecule has 0 unspecified atom stereocenters. The van der Waals surface area contributed by atoms with Gasteiger partial charge in [-0.1, -0.05) is 12.1 Å². The van der Waals surface area contributed by atoms with E-state index in [4.69, 9.17) is 14.7 Å². The van der Waals surface area contributed by atoms with Crippen molar-refractivity contribution in [2.75, 3.05) is 38.0 Å². The Morgan fingerprint density at radius 1 is 1.09 bits per heavy atom. The van der Waals surface area contributed by atoms with Crippen molar-refractivity contribution in [1.29, 1.82) is 0 Å². The average Bonchev–Trinajstić information content (AvgIpc) is 2.80. The maximum absolute atomic E-state index is 10.2. The molecular weight excluding hydrogens is 402 g/mol. The molecule has 0 spiro atoms. The molecule has 4 rings (SSSR count). The lowest BCUT2D eigenvalue weighted by molar-refractivity contribution is 0.322. The molecule has 1 fully saturated rings. The molecule has 7 nitrogen and oxygen atoms in total. The first-order valence-corrected chi connectivity index (χ1v) is 11.9. The van der Waals surface area contributed by atoms with E-state index in [9.17, 15) is 5.11 Å². The van der Waals surface area contributed by atoms with Gasteiger partial charge in [0.15, 0.2) is 11.5 Å². The number of fused-ring (bicyclic) bond motifs is 1. The van der Waals surface area contributed by atoms with Crippen molar-refractivity contribution in [3.05, 3.63) is 35.0 Å². The molecule has 0 aliphatic heterocycles. The van der Waals surface area contributed by atoms with E-state index >= 15 is 0 Å². The van der Waals surface area contributed by atoms with Crippen LogP contribution in [-0.2, 0) is 19.4 Å². The third-order valence-electron chi connectivity index (χ3n) is 6.82. The largest absolute Gasteiger partial charge is 0.504 e. The molecule has 7 heteroatoms. The number of phenols is 1. The van der Waals surface area contributed by atoms with E-state index in [0.29, 0.717) is 24.3 Å². The summed E-state index contributed by atoms with van der Waals surface area (Å²) in [5, 5.41) is 17.4. The third kappa shape index (κ3) is 5.26. The minimum atomic E-state index is 0.234. The fraction of sp³-hybridized carbons (Fsp3) is 0.600. The zero-order chi connectivity index (χ0) is 22.5. The summed E-state index contributed by atoms with van der Waals surface area (Å²) in [5.74, 6) is 3.29. The summed E-state index contributed by atoms with van der Waals surface area (Å²) in [6, 6.07) is 6.06. The van der Waals surface area contributed by atoms with Gasteiger partial charge in [0.2, 0.25) is 5.95 Å². The minimum Gasteiger partial charge on any atom is -0.504 e. The molecule has 0 bridgehead atoms. The van der Waals surface area contributed by atoms with Crippen molar-refractivity contribution in [2.45, 2.75) is 64.0 Å². The van der Waals surface area contributed by atoms with Crippen LogP contribution in [0.5, 0.6) is 11.5 Å². The Bertz CT molecular complexity index is 909. The summed E-state index contributed by atoms with van der Waals surface area (Å²) in [4.78, 5) is 11.9. The number of aryl methyl sites for hydroxylation is 1. The zero-order valence-electron chi connectivity index (χ0n) is 19.7. The van der Waals surface area contributed by atoms with Gasteiger partial charge in [-0.3, -0.25) is 0 Å². The molecule has 0 atom stereocenters. The van der Waals surface area contributed by atoms with Gasteiger partial charge in [-0.2, -0.15) is 4.98 Å². The first-order chi connectivity index (χ1) is 15.5. The first-order valence-electron chi connectivity index (χ1n) is 11.9. The second-order valence-electron chi connectivity index (χ2n) is 9.36. The van der Waals surface area contributed by atoms with Gasteiger partial charge in [-0.15, -0.1) is 0 Å². The van der Waals surface area contributed by atoms with Gasteiger partial charge in [-0.05, 0) is 69.9 Å². The number of ether oxygens (including phenoxy) is 1. The van der Waals surface area contributed by atoms with Crippen LogP contribution in [0.25, 0.3) is 0 Å². The fourth-order valence-corrected chi connectivity index (χ4v) is 4.99. The van der Waals surface area contributed by atoms with E-state index < -0.39 is 0 Å². The molecule has 1 aromatic carbocycles. The van der Waals surface area contributed by atoms with Gasteiger partial charge in [0, 0.05) is 37.8 Å². The number of methoxy groups -OCH3 is 1. The smallest absolute Gasteiger partial charge is 0.225 e. The Balaban J connectivity index is 1.27. The molecule has 0 amide bonds. The van der Waals surface area contributed by atoms with E-state index in [-0.39, 0.29) is 5.75 Å². The van der Waals surface area contributed by atoms with E-state index in [2.05, 4.69) is 29.6 Å². The number of nitrogens with one attached hydrogen (secondary N) is 2. The molecule has 3 N–H and O–H groups in total. The Hall–Kier alpha value is -2.54. The standard InChI is InChI=1S/C25H37N5O2/c1-30(2)24-20-8-4-5-9-21(20)28-25(29-24)27-19-13-11-17(12-14-19)15-26-16-18-7-6-10-22(32-3)23(18)31/h6-7,10,17,19,26,31H,4-5,8-9,11-16H2,1-3H3,(H,27,28,29). The maximum Gasteiger partial charge on any atom is 0.225 e. The maximum atomic E-state index is 10.2. The monoisotopic (exact) mass is 439 g/mol. The highest BCUT2D eigenvalue weighted by atomic mass is 16.5. The van der Waals surface area contributed by atoms with Crippen molar-refractivity contribution >= 4 is 11.8 Å². The SMILES string of the molecule is COc1cccc(CNCC2CCC(Nc3nc4c(c(N(C)C)n3)CCCC4)CC2)c1O. The van der Waals surface area contributed by atoms with Gasteiger partial charge in [0.1, 0.15) is 5.82 Å². The van der Waals surface area contributed by atoms with Gasteiger partial charge < -0.3 is 25.4 Å². The molecule has 1 saturated carbocycles. The minimum absolute atomic E-state index is 0.234. The number of aromatic hydroxyl groups is 1. The van der Waals surface area contributed by atoms with Crippen molar-refractivity contribution in [1.82, 2.24) is 15.3 Å². The number of nitrogens with zero attached hydrogens (tertiary/aromatic N) is 3. The van der Waals surface area contributed by atoms with Crippen LogP contribution >= 0.6 is 0 Å². The molecule has 2 aromatic rings. The third-order valence-corrected chi connectivity index (χ3v) is 6.82. The van der Waals surface area contributed by atoms with Crippen LogP contribution in [0.3, 0.4) is 0 Å². The molecule has 1 heterocycles. The highest BCUT2D eigenvalue weighted by Gasteiger charge is 2.24. The lowest BCUT2D eigenvalue weighted by atomic mass is 9.86. The molecule has 2 aliphatic carbocycles. The van der Waals surface area contributed by atoms with Gasteiger partial charge in [0.25, 0.3) is 0 Å². The Morgan fingerprint density at radius 3 is 2.62 bits per heavy atom. The summed E-state index contributed by atoms with van der Waals surface area (Å²) in [6.45, 7) is 1.61. The number of aromatic nitrogens is 2. The van der Waals surface area contributed by atoms with Crippen molar-refractivity contribution in [3.63, 3.8) is 0 Å². The van der Waals surface area contributed by atoms with Gasteiger partial charge >= 0.3 is 0 Å². The first kappa shape index (κ1) is 22.6. The predicted octanol–water partition coefficient (Wildman–Crippen LogP) is 3.90. The number of benzene rings is 1. The molecule has 32 heavy (non-hydrogen) atoms. The van der Waals surface area contributed by atoms with Crippen molar-refractivity contribution < 1.29 is 9.84 Å². The second-order valence-corrected chi connectivity index (χ2v) is 9.36. The summed E-state index contributed by atoms with van der Waals surface area (Å²) < 4.78 is 5.20. The molecule has 0 radical (unpaired) electrons. The summed E-state index contributed by atoms with van der Waals surface area (Å²) in [7, 11) is 5.73. The zero-order valence-corrected chi connectivity index (χ0v) is 19.7. The summed E-state index contributed by atoms with van der Waals surface area (Å²) in [6.07, 6.45) is 9.24. The highest BCUT2D eigenvalue weighted by molar-refractivity contribution is 5.53. The van der Waals surface area contributed by atoms with E-state index in [0.717, 1.165) is 49.6 Å². The van der Waals surface area contributed by atoms with Crippen LogP contribution in [0.1, 0.15) is 55.3 Å². The number of para-hydroxylation sites is 1. The summed E-state index contributed by atoms with van der Waals surface area (Å²) in [5.41, 5.74) is 3.45. The number of anilines is 2. The fourth-order valence-electron chi connectivity index (χ4n) is 4.99. The predicted molar refractivity (Wildman–Crippen MR) is 129 cm³/mol. The van der Waals surface area contributed by atoms with Gasteiger partial charge in [0.05, 0.1) is 12.8 Å².